The van der Waals surface area contributed by atoms with Gasteiger partial charge in [0.05, 0.1) is 54.2 Å². The Kier molecular flexibility index (Phi) is 38.2. The van der Waals surface area contributed by atoms with Gasteiger partial charge in [0.2, 0.25) is 0 Å². The number of likely N-dealkylation sites (N-methyl/N-ethyl adjacent to an activating group) is 1. The second kappa shape index (κ2) is 40.2. The Balaban J connectivity index is 4.51. The summed E-state index contributed by atoms with van der Waals surface area (Å²) in [5.74, 6) is -3.27. The third-order valence-electron chi connectivity index (χ3n) is 9.78. The number of phosphoric acid groups is 1. The standard InChI is InChI=1S/C46H84NO16P/c1-6-8-10-12-14-16-18-20-33-56-41(48)26-22-28-43(50)58-35-24-30-45(52)60-38-40(39-62-64(54,55)61-37-32-47(3,4)5)63-46(53)31-25-36-59-44(51)29-23-27-42(49)57-34-21-19-17-15-13-11-9-7-2/h40H,6-39H2,1-5H3/t40-/m1/s1. The van der Waals surface area contributed by atoms with Gasteiger partial charge in [-0.3, -0.25) is 33.3 Å². The first-order valence-corrected chi connectivity index (χ1v) is 25.4. The van der Waals surface area contributed by atoms with Gasteiger partial charge in [-0.1, -0.05) is 104 Å². The first kappa shape index (κ1) is 60.9. The summed E-state index contributed by atoms with van der Waals surface area (Å²) >= 11 is 0. The van der Waals surface area contributed by atoms with Crippen LogP contribution in [0.1, 0.15) is 181 Å². The van der Waals surface area contributed by atoms with E-state index in [-0.39, 0.29) is 96.0 Å². The van der Waals surface area contributed by atoms with Crippen LogP contribution in [0.25, 0.3) is 0 Å². The number of hydrogen-bond acceptors (Lipinski definition) is 16. The first-order chi connectivity index (χ1) is 30.6. The quantitative estimate of drug-likeness (QED) is 0.0186. The van der Waals surface area contributed by atoms with Crippen LogP contribution >= 0.6 is 7.82 Å². The highest BCUT2D eigenvalue weighted by Gasteiger charge is 2.22. The molecule has 0 heterocycles. The maximum absolute atomic E-state index is 12.6. The second-order valence-electron chi connectivity index (χ2n) is 17.1. The molecule has 0 bridgehead atoms. The van der Waals surface area contributed by atoms with Crippen molar-refractivity contribution in [2.24, 2.45) is 0 Å². The van der Waals surface area contributed by atoms with E-state index in [4.69, 9.17) is 37.5 Å². The molecular formula is C46H84NO16P. The number of hydrogen-bond donors (Lipinski definition) is 0. The minimum Gasteiger partial charge on any atom is -0.756 e. The van der Waals surface area contributed by atoms with Crippen molar-refractivity contribution < 1.29 is 80.2 Å². The topological polar surface area (TPSA) is 216 Å². The van der Waals surface area contributed by atoms with Crippen molar-refractivity contribution in [2.45, 2.75) is 187 Å². The van der Waals surface area contributed by atoms with E-state index in [0.29, 0.717) is 24.2 Å². The molecule has 374 valence electrons. The van der Waals surface area contributed by atoms with Crippen LogP contribution < -0.4 is 4.89 Å². The molecule has 1 unspecified atom stereocenters. The molecule has 0 fully saturated rings. The summed E-state index contributed by atoms with van der Waals surface area (Å²) in [6.07, 6.45) is 17.6. The zero-order valence-electron chi connectivity index (χ0n) is 40.0. The molecule has 0 rings (SSSR count). The highest BCUT2D eigenvalue weighted by atomic mass is 31.2. The van der Waals surface area contributed by atoms with Gasteiger partial charge in [-0.2, -0.15) is 0 Å². The lowest BCUT2D eigenvalue weighted by Crippen LogP contribution is -2.37. The van der Waals surface area contributed by atoms with E-state index >= 15 is 0 Å². The van der Waals surface area contributed by atoms with Crippen LogP contribution in [0.15, 0.2) is 0 Å². The normalized spacial score (nSPS) is 12.8. The molecule has 0 radical (unpaired) electrons. The molecule has 0 aliphatic heterocycles. The van der Waals surface area contributed by atoms with Gasteiger partial charge < -0.3 is 46.8 Å². The number of carbonyl (C=O) groups is 6. The predicted octanol–water partition coefficient (Wildman–Crippen LogP) is 8.00. The third kappa shape index (κ3) is 42.8. The van der Waals surface area contributed by atoms with E-state index in [2.05, 4.69) is 13.8 Å². The van der Waals surface area contributed by atoms with Gasteiger partial charge in [0.15, 0.2) is 6.10 Å². The van der Waals surface area contributed by atoms with Crippen LogP contribution in [0.4, 0.5) is 0 Å². The highest BCUT2D eigenvalue weighted by Crippen LogP contribution is 2.38. The van der Waals surface area contributed by atoms with Gasteiger partial charge in [0, 0.05) is 38.5 Å². The fourth-order valence-electron chi connectivity index (χ4n) is 5.95. The number of esters is 6. The fraction of sp³-hybridized carbons (Fsp3) is 0.870. The SMILES string of the molecule is CCCCCCCCCCOC(=O)CCCC(=O)OCCCC(=O)OC[C@H](COP(=O)([O-])OCC[N+](C)(C)C)OC(=O)CCCOC(=O)CCCC(=O)OCCCCCCCCCC. The van der Waals surface area contributed by atoms with Crippen LogP contribution in [-0.2, 0) is 70.8 Å². The highest BCUT2D eigenvalue weighted by molar-refractivity contribution is 7.45. The van der Waals surface area contributed by atoms with Crippen LogP contribution in [0, 0.1) is 0 Å². The number of ether oxygens (including phenoxy) is 6. The smallest absolute Gasteiger partial charge is 0.306 e. The van der Waals surface area contributed by atoms with E-state index in [0.717, 1.165) is 38.5 Å². The largest absolute Gasteiger partial charge is 0.756 e. The van der Waals surface area contributed by atoms with Gasteiger partial charge in [-0.05, 0) is 38.5 Å². The zero-order chi connectivity index (χ0) is 47.7. The van der Waals surface area contributed by atoms with Gasteiger partial charge in [0.1, 0.15) is 19.8 Å². The maximum atomic E-state index is 12.6. The third-order valence-corrected chi connectivity index (χ3v) is 10.7. The van der Waals surface area contributed by atoms with Crippen molar-refractivity contribution in [3.8, 4) is 0 Å². The molecule has 2 atom stereocenters. The number of phosphoric ester groups is 1. The minimum absolute atomic E-state index is 0.00805. The number of carbonyl (C=O) groups excluding carboxylic acids is 6. The van der Waals surface area contributed by atoms with Crippen molar-refractivity contribution in [1.29, 1.82) is 0 Å². The van der Waals surface area contributed by atoms with E-state index < -0.39 is 51.0 Å². The van der Waals surface area contributed by atoms with Gasteiger partial charge >= 0.3 is 35.8 Å². The molecule has 0 aromatic rings. The molecule has 0 aliphatic rings. The van der Waals surface area contributed by atoms with E-state index in [9.17, 15) is 38.2 Å². The molecule has 0 saturated carbocycles. The molecular weight excluding hydrogens is 853 g/mol. The molecule has 0 aromatic heterocycles. The Morgan fingerprint density at radius 1 is 0.422 bits per heavy atom. The minimum atomic E-state index is -4.80. The van der Waals surface area contributed by atoms with Crippen molar-refractivity contribution in [2.75, 3.05) is 73.9 Å². The Bertz CT molecular complexity index is 1310. The summed E-state index contributed by atoms with van der Waals surface area (Å²) in [4.78, 5) is 85.6. The van der Waals surface area contributed by atoms with Crippen molar-refractivity contribution >= 4 is 43.6 Å². The van der Waals surface area contributed by atoms with Crippen molar-refractivity contribution in [3.05, 3.63) is 0 Å². The van der Waals surface area contributed by atoms with Crippen LogP contribution in [0.2, 0.25) is 0 Å². The number of rotatable bonds is 44. The molecule has 17 nitrogen and oxygen atoms in total. The summed E-state index contributed by atoms with van der Waals surface area (Å²) in [6.45, 7) is 3.94. The summed E-state index contributed by atoms with van der Waals surface area (Å²) in [6, 6.07) is 0. The monoisotopic (exact) mass is 938 g/mol. The van der Waals surface area contributed by atoms with E-state index in [1.165, 1.54) is 64.2 Å². The molecule has 18 heteroatoms. The summed E-state index contributed by atoms with van der Waals surface area (Å²) in [5.41, 5.74) is 0. The van der Waals surface area contributed by atoms with E-state index in [1.807, 2.05) is 21.1 Å². The lowest BCUT2D eigenvalue weighted by atomic mass is 10.1. The fourth-order valence-corrected chi connectivity index (χ4v) is 6.68. The Hall–Kier alpha value is -3.11. The molecule has 0 aliphatic carbocycles. The van der Waals surface area contributed by atoms with Crippen LogP contribution in [0.5, 0.6) is 0 Å². The van der Waals surface area contributed by atoms with Crippen LogP contribution in [-0.4, -0.2) is 120 Å². The number of nitrogens with zero attached hydrogens (tertiary/aromatic N) is 1. The molecule has 0 saturated heterocycles. The van der Waals surface area contributed by atoms with Gasteiger partial charge in [-0.15, -0.1) is 0 Å². The molecule has 0 aromatic carbocycles. The molecule has 0 spiro atoms. The second-order valence-corrected chi connectivity index (χ2v) is 18.5. The van der Waals surface area contributed by atoms with Crippen molar-refractivity contribution in [3.63, 3.8) is 0 Å². The first-order valence-electron chi connectivity index (χ1n) is 23.9. The Morgan fingerprint density at radius 3 is 1.17 bits per heavy atom. The summed E-state index contributed by atoms with van der Waals surface area (Å²) < 4.78 is 54.0. The zero-order valence-corrected chi connectivity index (χ0v) is 40.9. The number of quaternary nitrogens is 1. The van der Waals surface area contributed by atoms with Crippen molar-refractivity contribution in [1.82, 2.24) is 0 Å². The summed E-state index contributed by atoms with van der Waals surface area (Å²) in [5, 5.41) is 0. The van der Waals surface area contributed by atoms with Gasteiger partial charge in [-0.25, -0.2) is 0 Å². The van der Waals surface area contributed by atoms with Gasteiger partial charge in [0.25, 0.3) is 7.82 Å². The molecule has 0 N–H and O–H groups in total. The number of unbranched alkanes of at least 4 members (excludes halogenated alkanes) is 14. The average Bonchev–Trinajstić information content (AvgIpc) is 3.23. The summed E-state index contributed by atoms with van der Waals surface area (Å²) in [7, 11) is 0.761. The average molecular weight is 938 g/mol. The predicted molar refractivity (Wildman–Crippen MR) is 238 cm³/mol. The maximum Gasteiger partial charge on any atom is 0.306 e. The van der Waals surface area contributed by atoms with E-state index in [1.54, 1.807) is 0 Å². The van der Waals surface area contributed by atoms with Crippen LogP contribution in [0.3, 0.4) is 0 Å². The lowest BCUT2D eigenvalue weighted by molar-refractivity contribution is -0.870. The molecule has 0 amide bonds. The Morgan fingerprint density at radius 2 is 0.766 bits per heavy atom. The lowest BCUT2D eigenvalue weighted by Gasteiger charge is -2.28. The molecule has 64 heavy (non-hydrogen) atoms. The Labute approximate surface area is 383 Å².